The molecule has 0 radical (unpaired) electrons. The molecule has 7 heteroatoms. The third-order valence-corrected chi connectivity index (χ3v) is 7.06. The van der Waals surface area contributed by atoms with Gasteiger partial charge in [0.15, 0.2) is 0 Å². The molecule has 1 aromatic carbocycles. The molecule has 158 valence electrons. The normalized spacial score (nSPS) is 21.1. The SMILES string of the molecule is COc1ccc2c(c1)CCc1c-2n[nH]c1C(=O)N1C[C@H]2C[C@@H](C1)c1cccc(=O)n1C2. The summed E-state index contributed by atoms with van der Waals surface area (Å²) in [6.45, 7) is 2.00. The van der Waals surface area contributed by atoms with Crippen LogP contribution in [0.1, 0.15) is 39.6 Å². The van der Waals surface area contributed by atoms with E-state index in [1.807, 2.05) is 33.7 Å². The Labute approximate surface area is 179 Å². The molecule has 1 saturated heterocycles. The van der Waals surface area contributed by atoms with Crippen LogP contribution in [0.3, 0.4) is 0 Å². The summed E-state index contributed by atoms with van der Waals surface area (Å²) in [5, 5.41) is 7.58. The largest absolute Gasteiger partial charge is 0.497 e. The summed E-state index contributed by atoms with van der Waals surface area (Å²) >= 11 is 0. The molecule has 3 aromatic rings. The van der Waals surface area contributed by atoms with E-state index in [-0.39, 0.29) is 17.4 Å². The van der Waals surface area contributed by atoms with Crippen LogP contribution in [0.4, 0.5) is 0 Å². The molecule has 6 rings (SSSR count). The standard InChI is InChI=1S/C24H24N4O3/c1-31-17-6-8-18-15(10-17)5-7-19-22(18)25-26-23(19)24(30)27-11-14-9-16(13-27)20-3-2-4-21(29)28(20)12-14/h2-4,6,8,10,14,16H,5,7,9,11-13H2,1H3,(H,25,26)/t14-,16+/m1/s1. The van der Waals surface area contributed by atoms with Gasteiger partial charge in [0, 0.05) is 48.4 Å². The molecule has 2 atom stereocenters. The number of carbonyl (C=O) groups is 1. The van der Waals surface area contributed by atoms with Crippen molar-refractivity contribution in [1.82, 2.24) is 19.7 Å². The first-order valence-corrected chi connectivity index (χ1v) is 10.9. The van der Waals surface area contributed by atoms with Crippen molar-refractivity contribution in [2.24, 2.45) is 5.92 Å². The highest BCUT2D eigenvalue weighted by molar-refractivity contribution is 5.96. The number of hydrogen-bond donors (Lipinski definition) is 1. The van der Waals surface area contributed by atoms with E-state index in [1.165, 1.54) is 5.56 Å². The van der Waals surface area contributed by atoms with E-state index < -0.39 is 0 Å². The highest BCUT2D eigenvalue weighted by atomic mass is 16.5. The van der Waals surface area contributed by atoms with Gasteiger partial charge in [-0.05, 0) is 55.0 Å². The van der Waals surface area contributed by atoms with Crippen molar-refractivity contribution in [2.45, 2.75) is 31.7 Å². The molecule has 2 aromatic heterocycles. The molecular formula is C24H24N4O3. The Hall–Kier alpha value is -3.35. The van der Waals surface area contributed by atoms with E-state index in [0.717, 1.165) is 47.5 Å². The fraction of sp³-hybridized carbons (Fsp3) is 0.375. The molecule has 0 spiro atoms. The van der Waals surface area contributed by atoms with Crippen LogP contribution in [0.2, 0.25) is 0 Å². The molecule has 0 unspecified atom stereocenters. The van der Waals surface area contributed by atoms with Crippen molar-refractivity contribution in [2.75, 3.05) is 20.2 Å². The fourth-order valence-electron chi connectivity index (χ4n) is 5.62. The maximum atomic E-state index is 13.5. The summed E-state index contributed by atoms with van der Waals surface area (Å²) in [7, 11) is 1.67. The topological polar surface area (TPSA) is 80.2 Å². The van der Waals surface area contributed by atoms with E-state index in [1.54, 1.807) is 13.2 Å². The van der Waals surface area contributed by atoms with Crippen LogP contribution >= 0.6 is 0 Å². The number of hydrogen-bond acceptors (Lipinski definition) is 4. The minimum Gasteiger partial charge on any atom is -0.497 e. The Kier molecular flexibility index (Phi) is 4.06. The van der Waals surface area contributed by atoms with Crippen molar-refractivity contribution in [3.8, 4) is 17.0 Å². The van der Waals surface area contributed by atoms with Crippen molar-refractivity contribution in [3.63, 3.8) is 0 Å². The van der Waals surface area contributed by atoms with Gasteiger partial charge in [-0.25, -0.2) is 0 Å². The zero-order valence-electron chi connectivity index (χ0n) is 17.4. The van der Waals surface area contributed by atoms with Crippen molar-refractivity contribution >= 4 is 5.91 Å². The van der Waals surface area contributed by atoms with Crippen LogP contribution in [-0.4, -0.2) is 45.8 Å². The molecule has 1 fully saturated rings. The van der Waals surface area contributed by atoms with Gasteiger partial charge in [-0.2, -0.15) is 5.10 Å². The Morgan fingerprint density at radius 1 is 1.16 bits per heavy atom. The molecule has 7 nitrogen and oxygen atoms in total. The monoisotopic (exact) mass is 416 g/mol. The summed E-state index contributed by atoms with van der Waals surface area (Å²) in [5.74, 6) is 1.37. The highest BCUT2D eigenvalue weighted by Crippen LogP contribution is 2.38. The van der Waals surface area contributed by atoms with Crippen LogP contribution in [0.25, 0.3) is 11.3 Å². The third-order valence-electron chi connectivity index (χ3n) is 7.06. The van der Waals surface area contributed by atoms with Crippen LogP contribution in [-0.2, 0) is 19.4 Å². The zero-order chi connectivity index (χ0) is 21.1. The number of ether oxygens (including phenoxy) is 1. The number of nitrogens with zero attached hydrogens (tertiary/aromatic N) is 3. The number of nitrogens with one attached hydrogen (secondary N) is 1. The van der Waals surface area contributed by atoms with E-state index >= 15 is 0 Å². The lowest BCUT2D eigenvalue weighted by atomic mass is 9.82. The number of H-pyrrole nitrogens is 1. The average molecular weight is 416 g/mol. The summed E-state index contributed by atoms with van der Waals surface area (Å²) < 4.78 is 7.24. The van der Waals surface area contributed by atoms with E-state index in [2.05, 4.69) is 16.3 Å². The maximum Gasteiger partial charge on any atom is 0.272 e. The minimum absolute atomic E-state index is 0.0205. The van der Waals surface area contributed by atoms with Gasteiger partial charge in [-0.3, -0.25) is 14.7 Å². The van der Waals surface area contributed by atoms with E-state index in [9.17, 15) is 9.59 Å². The molecule has 4 heterocycles. The molecule has 1 aliphatic carbocycles. The van der Waals surface area contributed by atoms with Gasteiger partial charge in [-0.15, -0.1) is 0 Å². The number of rotatable bonds is 2. The average Bonchev–Trinajstić information content (AvgIpc) is 3.23. The van der Waals surface area contributed by atoms with Crippen molar-refractivity contribution < 1.29 is 9.53 Å². The lowest BCUT2D eigenvalue weighted by molar-refractivity contribution is 0.0587. The van der Waals surface area contributed by atoms with Gasteiger partial charge in [0.1, 0.15) is 11.4 Å². The van der Waals surface area contributed by atoms with Crippen molar-refractivity contribution in [3.05, 3.63) is 69.3 Å². The Morgan fingerprint density at radius 3 is 2.94 bits per heavy atom. The Bertz CT molecular complexity index is 1260. The number of fused-ring (bicyclic) bond motifs is 7. The Morgan fingerprint density at radius 2 is 2.06 bits per heavy atom. The van der Waals surface area contributed by atoms with Crippen LogP contribution < -0.4 is 10.3 Å². The second-order valence-corrected chi connectivity index (χ2v) is 8.86. The second kappa shape index (κ2) is 6.83. The van der Waals surface area contributed by atoms with Gasteiger partial charge in [-0.1, -0.05) is 6.07 Å². The first-order valence-electron chi connectivity index (χ1n) is 10.9. The molecule has 1 N–H and O–H groups in total. The summed E-state index contributed by atoms with van der Waals surface area (Å²) in [6.07, 6.45) is 2.68. The highest BCUT2D eigenvalue weighted by Gasteiger charge is 2.38. The van der Waals surface area contributed by atoms with Crippen LogP contribution in [0.5, 0.6) is 5.75 Å². The molecular weight excluding hydrogens is 392 g/mol. The quantitative estimate of drug-likeness (QED) is 0.696. The molecule has 0 saturated carbocycles. The molecule has 3 aliphatic rings. The number of aryl methyl sites for hydroxylation is 1. The van der Waals surface area contributed by atoms with Gasteiger partial charge in [0.2, 0.25) is 0 Å². The lowest BCUT2D eigenvalue weighted by Gasteiger charge is -2.42. The van der Waals surface area contributed by atoms with Crippen LogP contribution in [0, 0.1) is 5.92 Å². The number of aromatic amines is 1. The van der Waals surface area contributed by atoms with Gasteiger partial charge < -0.3 is 14.2 Å². The first kappa shape index (κ1) is 18.4. The zero-order valence-corrected chi connectivity index (χ0v) is 17.4. The predicted molar refractivity (Wildman–Crippen MR) is 115 cm³/mol. The molecule has 31 heavy (non-hydrogen) atoms. The molecule has 1 amide bonds. The smallest absolute Gasteiger partial charge is 0.272 e. The Balaban J connectivity index is 1.31. The molecule has 2 aliphatic heterocycles. The number of amides is 1. The second-order valence-electron chi connectivity index (χ2n) is 8.86. The van der Waals surface area contributed by atoms with E-state index in [0.29, 0.717) is 31.2 Å². The number of piperidine rings is 1. The summed E-state index contributed by atoms with van der Waals surface area (Å²) in [4.78, 5) is 27.7. The first-order chi connectivity index (χ1) is 15.1. The number of methoxy groups -OCH3 is 1. The van der Waals surface area contributed by atoms with Gasteiger partial charge in [0.05, 0.1) is 12.8 Å². The van der Waals surface area contributed by atoms with Gasteiger partial charge in [0.25, 0.3) is 11.5 Å². The summed E-state index contributed by atoms with van der Waals surface area (Å²) in [6, 6.07) is 11.5. The number of pyridine rings is 1. The number of benzene rings is 1. The third kappa shape index (κ3) is 2.83. The van der Waals surface area contributed by atoms with Gasteiger partial charge >= 0.3 is 0 Å². The maximum absolute atomic E-state index is 13.5. The lowest BCUT2D eigenvalue weighted by Crippen LogP contribution is -2.49. The van der Waals surface area contributed by atoms with Crippen molar-refractivity contribution in [1.29, 1.82) is 0 Å². The molecule has 2 bridgehead atoms. The van der Waals surface area contributed by atoms with Crippen LogP contribution in [0.15, 0.2) is 41.2 Å². The minimum atomic E-state index is 0.0205. The van der Waals surface area contributed by atoms with E-state index in [4.69, 9.17) is 4.74 Å². The number of carbonyl (C=O) groups excluding carboxylic acids is 1. The fourth-order valence-corrected chi connectivity index (χ4v) is 5.62. The summed E-state index contributed by atoms with van der Waals surface area (Å²) in [5.41, 5.74) is 5.88. The predicted octanol–water partition coefficient (Wildman–Crippen LogP) is 2.61. The number of likely N-dealkylation sites (tertiary alicyclic amines) is 1. The number of aromatic nitrogens is 3.